The first-order valence-corrected chi connectivity index (χ1v) is 20.4. The SMILES string of the molecule is CC[C@H]1O[C@@H](n2cnc3c(Cl)nc(N)nc32)[C@@](C)(COC(=O)c2ccccc2)C1OC(=O)c1ccccc1.CO.COc1nc(N)nc2c1ncn2[C@@H]1O[C@H](CO)C(O)[C@]1(C)CO.C[O-].[Na+]. The van der Waals surface area contributed by atoms with Crippen LogP contribution in [0.25, 0.3) is 22.3 Å². The van der Waals surface area contributed by atoms with Gasteiger partial charge in [-0.25, -0.2) is 19.6 Å². The van der Waals surface area contributed by atoms with Crippen LogP contribution < -0.4 is 50.9 Å². The Kier molecular flexibility index (Phi) is 19.1. The second-order valence-corrected chi connectivity index (χ2v) is 15.4. The fraction of sp³-hybridized carbons (Fsp3) is 0.429. The van der Waals surface area contributed by atoms with Gasteiger partial charge in [-0.05, 0) is 37.6 Å². The quantitative estimate of drug-likeness (QED) is 0.0500. The number of rotatable bonds is 11. The van der Waals surface area contributed by atoms with Crippen LogP contribution in [-0.4, -0.2) is 137 Å². The van der Waals surface area contributed by atoms with E-state index in [1.54, 1.807) is 64.6 Å². The molecule has 2 aliphatic heterocycles. The molecule has 8 atom stereocenters. The van der Waals surface area contributed by atoms with Crippen molar-refractivity contribution in [3.05, 3.63) is 89.6 Å². The van der Waals surface area contributed by atoms with Crippen molar-refractivity contribution in [3.63, 3.8) is 0 Å². The zero-order chi connectivity index (χ0) is 47.6. The molecule has 6 aromatic rings. The summed E-state index contributed by atoms with van der Waals surface area (Å²) in [6.45, 7) is 4.57. The zero-order valence-electron chi connectivity index (χ0n) is 37.4. The Morgan fingerprint density at radius 1 is 0.803 bits per heavy atom. The fourth-order valence-corrected chi connectivity index (χ4v) is 7.83. The Morgan fingerprint density at radius 3 is 1.83 bits per heavy atom. The average Bonchev–Trinajstić information content (AvgIpc) is 4.08. The average molecular weight is 947 g/mol. The summed E-state index contributed by atoms with van der Waals surface area (Å²) in [5.41, 5.74) is 11.7. The molecule has 2 aliphatic rings. The molecule has 4 aromatic heterocycles. The number of nitrogens with two attached hydrogens (primary N) is 2. The van der Waals surface area contributed by atoms with E-state index in [2.05, 4.69) is 29.9 Å². The first kappa shape index (κ1) is 53.5. The monoisotopic (exact) mass is 946 g/mol. The number of halogens is 1. The molecule has 0 saturated carbocycles. The number of ether oxygens (including phenoxy) is 5. The van der Waals surface area contributed by atoms with Crippen LogP contribution in [0.1, 0.15) is 60.4 Å². The number of aliphatic hydroxyl groups is 4. The fourth-order valence-electron chi connectivity index (χ4n) is 7.61. The van der Waals surface area contributed by atoms with Crippen molar-refractivity contribution in [2.75, 3.05) is 52.6 Å². The molecule has 24 heteroatoms. The van der Waals surface area contributed by atoms with Crippen molar-refractivity contribution < 1.29 is 88.4 Å². The largest absolute Gasteiger partial charge is 1.00 e. The minimum absolute atomic E-state index is 0. The summed E-state index contributed by atoms with van der Waals surface area (Å²) in [4.78, 5) is 51.0. The second-order valence-electron chi connectivity index (χ2n) is 15.0. The molecule has 8 N–H and O–H groups in total. The Morgan fingerprint density at radius 2 is 1.30 bits per heavy atom. The molecule has 66 heavy (non-hydrogen) atoms. The Labute approximate surface area is 406 Å². The maximum absolute atomic E-state index is 13.1. The number of anilines is 2. The topological polar surface area (TPSA) is 324 Å². The summed E-state index contributed by atoms with van der Waals surface area (Å²) in [5.74, 6) is -0.834. The van der Waals surface area contributed by atoms with Crippen LogP contribution in [0.2, 0.25) is 5.15 Å². The van der Waals surface area contributed by atoms with E-state index in [-0.39, 0.29) is 72.3 Å². The van der Waals surface area contributed by atoms with Gasteiger partial charge in [0.05, 0.1) is 67.1 Å². The van der Waals surface area contributed by atoms with Crippen LogP contribution in [0.4, 0.5) is 11.9 Å². The van der Waals surface area contributed by atoms with Crippen LogP contribution in [0.15, 0.2) is 73.3 Å². The molecule has 2 unspecified atom stereocenters. The first-order valence-electron chi connectivity index (χ1n) is 20.0. The van der Waals surface area contributed by atoms with Gasteiger partial charge in [-0.3, -0.25) is 9.13 Å². The van der Waals surface area contributed by atoms with E-state index in [1.807, 2.05) is 26.0 Å². The van der Waals surface area contributed by atoms with Gasteiger partial charge in [-0.1, -0.05) is 61.8 Å². The van der Waals surface area contributed by atoms with E-state index in [4.69, 9.17) is 57.0 Å². The number of nitrogen functional groups attached to an aromatic ring is 2. The van der Waals surface area contributed by atoms with E-state index < -0.39 is 59.6 Å². The number of aromatic nitrogens is 8. The number of esters is 2. The second kappa shape index (κ2) is 23.6. The molecule has 0 aliphatic carbocycles. The third-order valence-corrected chi connectivity index (χ3v) is 11.2. The van der Waals surface area contributed by atoms with Gasteiger partial charge in [0.2, 0.25) is 17.8 Å². The number of carbonyl (C=O) groups is 2. The van der Waals surface area contributed by atoms with Crippen LogP contribution >= 0.6 is 11.6 Å². The van der Waals surface area contributed by atoms with Gasteiger partial charge in [-0.15, -0.1) is 0 Å². The number of carbonyl (C=O) groups excluding carboxylic acids is 2. The van der Waals surface area contributed by atoms with E-state index in [9.17, 15) is 24.9 Å². The molecule has 350 valence electrons. The first-order chi connectivity index (χ1) is 31.3. The number of aliphatic hydroxyl groups excluding tert-OH is 4. The number of imidazole rings is 2. The summed E-state index contributed by atoms with van der Waals surface area (Å²) in [5, 5.41) is 44.8. The van der Waals surface area contributed by atoms with Crippen molar-refractivity contribution in [1.82, 2.24) is 39.0 Å². The molecule has 6 heterocycles. The normalized spacial score (nSPS) is 24.1. The molecule has 0 amide bonds. The molecule has 8 rings (SSSR count). The standard InChI is InChI=1S/C27H26ClN5O5.C13H19N5O5.CH4O.CH3O.Na/c1-3-18-20(38-24(35)17-12-8-5-9-13-17)27(2,14-36-23(34)16-10-6-4-7-11-16)25(37-18)33-15-30-19-21(28)31-26(29)32-22(19)33;1-13(4-20)8(21)6(3-19)23-11(13)18-5-15-7-9(18)16-12(14)17-10(7)22-2;2*1-2;/h4-13,15,18,20,25H,3,14H2,1-2H3,(H2,29,31,32);5-6,8,11,19-21H,3-4H2,1-2H3,(H2,14,16,17);2H,1H3;1H3;/q;;;-1;+1/t18-,20?,25-,27+;6-,8?,11-,13+;;;/m11.../s1. The Hall–Kier alpha value is -5.11. The van der Waals surface area contributed by atoms with Crippen LogP contribution in [0.5, 0.6) is 5.88 Å². The predicted molar refractivity (Wildman–Crippen MR) is 232 cm³/mol. The van der Waals surface area contributed by atoms with Gasteiger partial charge in [0.25, 0.3) is 0 Å². The number of nitrogens with zero attached hydrogens (tertiary/aromatic N) is 8. The summed E-state index contributed by atoms with van der Waals surface area (Å²) in [6, 6.07) is 17.3. The molecule has 2 saturated heterocycles. The number of hydrogen-bond donors (Lipinski definition) is 6. The van der Waals surface area contributed by atoms with Crippen LogP contribution in [0.3, 0.4) is 0 Å². The number of hydrogen-bond acceptors (Lipinski definition) is 20. The summed E-state index contributed by atoms with van der Waals surface area (Å²) >= 11 is 6.26. The Bertz CT molecular complexity index is 2530. The minimum atomic E-state index is -1.05. The van der Waals surface area contributed by atoms with Crippen molar-refractivity contribution >= 4 is 57.8 Å². The van der Waals surface area contributed by atoms with Gasteiger partial charge in [-0.2, -0.15) is 27.0 Å². The summed E-state index contributed by atoms with van der Waals surface area (Å²) in [6.07, 6.45) is -1.26. The number of benzene rings is 2. The predicted octanol–water partition coefficient (Wildman–Crippen LogP) is -1.29. The molecule has 2 fully saturated rings. The third-order valence-electron chi connectivity index (χ3n) is 10.9. The van der Waals surface area contributed by atoms with E-state index in [0.29, 0.717) is 39.9 Å². The third kappa shape index (κ3) is 10.7. The van der Waals surface area contributed by atoms with Gasteiger partial charge < -0.3 is 60.7 Å². The van der Waals surface area contributed by atoms with E-state index in [0.717, 1.165) is 14.2 Å². The Balaban J connectivity index is 0.000000292. The van der Waals surface area contributed by atoms with Crippen LogP contribution in [-0.2, 0) is 18.9 Å². The summed E-state index contributed by atoms with van der Waals surface area (Å²) < 4.78 is 32.4. The number of fused-ring (bicyclic) bond motifs is 2. The van der Waals surface area contributed by atoms with Gasteiger partial charge in [0.15, 0.2) is 22.0 Å². The molecule has 0 spiro atoms. The number of methoxy groups -OCH3 is 1. The van der Waals surface area contributed by atoms with E-state index in [1.165, 1.54) is 19.8 Å². The molecule has 0 radical (unpaired) electrons. The van der Waals surface area contributed by atoms with Gasteiger partial charge >= 0.3 is 41.5 Å². The van der Waals surface area contributed by atoms with Crippen molar-refractivity contribution in [2.24, 2.45) is 10.8 Å². The minimum Gasteiger partial charge on any atom is -0.857 e. The molecule has 2 aromatic carbocycles. The maximum Gasteiger partial charge on any atom is 1.00 e. The summed E-state index contributed by atoms with van der Waals surface area (Å²) in [7, 11) is 3.19. The molecule has 0 bridgehead atoms. The van der Waals surface area contributed by atoms with Crippen molar-refractivity contribution in [3.8, 4) is 5.88 Å². The molecule has 22 nitrogen and oxygen atoms in total. The van der Waals surface area contributed by atoms with Gasteiger partial charge in [0.1, 0.15) is 36.8 Å². The molecular formula is C42H52ClN10NaO12. The molecular weight excluding hydrogens is 895 g/mol. The van der Waals surface area contributed by atoms with Gasteiger partial charge in [0, 0.05) is 7.11 Å². The zero-order valence-corrected chi connectivity index (χ0v) is 40.1. The van der Waals surface area contributed by atoms with Crippen molar-refractivity contribution in [2.45, 2.75) is 64.1 Å². The maximum atomic E-state index is 13.1. The van der Waals surface area contributed by atoms with Crippen LogP contribution in [0, 0.1) is 10.8 Å². The van der Waals surface area contributed by atoms with Crippen molar-refractivity contribution in [1.29, 1.82) is 0 Å². The van der Waals surface area contributed by atoms with E-state index >= 15 is 0 Å². The smallest absolute Gasteiger partial charge is 0.857 e.